The van der Waals surface area contributed by atoms with Gasteiger partial charge in [0.05, 0.1) is 18.0 Å². The third-order valence-corrected chi connectivity index (χ3v) is 4.11. The number of hydrogen-bond acceptors (Lipinski definition) is 3. The lowest BCUT2D eigenvalue weighted by atomic mass is 9.83. The predicted molar refractivity (Wildman–Crippen MR) is 73.7 cm³/mol. The molecule has 1 aromatic rings. The van der Waals surface area contributed by atoms with E-state index in [-0.39, 0.29) is 18.0 Å². The average molecular weight is 279 g/mol. The van der Waals surface area contributed by atoms with Gasteiger partial charge in [-0.25, -0.2) is 0 Å². The fraction of sp³-hybridized carbons (Fsp3) is 0.429. The Labute approximate surface area is 116 Å². The number of nitrogens with zero attached hydrogens (tertiary/aromatic N) is 1. The van der Waals surface area contributed by atoms with E-state index in [0.717, 1.165) is 17.8 Å². The maximum atomic E-state index is 11.1. The summed E-state index contributed by atoms with van der Waals surface area (Å²) in [6.45, 7) is 0. The molecule has 1 saturated carbocycles. The van der Waals surface area contributed by atoms with Crippen LogP contribution in [0.15, 0.2) is 29.3 Å². The molecule has 4 nitrogen and oxygen atoms in total. The standard InChI is InChI=1S/C14H15ClN2O2/c15-10-3-1-2-8(6-10)13-16-11-5-4-9(14(18)19)7-12(11)17-13/h1-3,6,9,11-12H,4-5,7H2,(H,16,17)(H,18,19). The molecule has 0 radical (unpaired) electrons. The molecular weight excluding hydrogens is 264 g/mol. The molecule has 0 spiro atoms. The Hall–Kier alpha value is -1.55. The normalized spacial score (nSPS) is 29.3. The number of aliphatic imine (C=N–C) groups is 1. The van der Waals surface area contributed by atoms with E-state index in [0.29, 0.717) is 17.9 Å². The van der Waals surface area contributed by atoms with Gasteiger partial charge >= 0.3 is 5.97 Å². The number of carbonyl (C=O) groups is 1. The summed E-state index contributed by atoms with van der Waals surface area (Å²) < 4.78 is 0. The number of hydrogen-bond donors (Lipinski definition) is 2. The molecule has 2 aliphatic rings. The molecule has 0 bridgehead atoms. The first-order valence-corrected chi connectivity index (χ1v) is 6.84. The van der Waals surface area contributed by atoms with Crippen LogP contribution in [-0.2, 0) is 4.79 Å². The van der Waals surface area contributed by atoms with Crippen LogP contribution in [-0.4, -0.2) is 29.0 Å². The Kier molecular flexibility index (Phi) is 3.19. The highest BCUT2D eigenvalue weighted by molar-refractivity contribution is 6.31. The van der Waals surface area contributed by atoms with Crippen molar-refractivity contribution in [3.8, 4) is 0 Å². The van der Waals surface area contributed by atoms with Crippen molar-refractivity contribution in [1.29, 1.82) is 0 Å². The van der Waals surface area contributed by atoms with Crippen LogP contribution in [0.4, 0.5) is 0 Å². The van der Waals surface area contributed by atoms with Gasteiger partial charge in [0, 0.05) is 10.6 Å². The second kappa shape index (κ2) is 4.85. The molecule has 1 aliphatic carbocycles. The molecule has 1 aromatic carbocycles. The molecule has 3 rings (SSSR count). The lowest BCUT2D eigenvalue weighted by molar-refractivity contribution is -0.143. The molecule has 0 aromatic heterocycles. The van der Waals surface area contributed by atoms with Crippen molar-refractivity contribution in [2.75, 3.05) is 0 Å². The van der Waals surface area contributed by atoms with Gasteiger partial charge in [-0.2, -0.15) is 0 Å². The summed E-state index contributed by atoms with van der Waals surface area (Å²) in [7, 11) is 0. The van der Waals surface area contributed by atoms with Crippen LogP contribution >= 0.6 is 11.6 Å². The summed E-state index contributed by atoms with van der Waals surface area (Å²) in [4.78, 5) is 15.7. The predicted octanol–water partition coefficient (Wildman–Crippen LogP) is 2.31. The largest absolute Gasteiger partial charge is 0.481 e. The zero-order valence-corrected chi connectivity index (χ0v) is 11.1. The molecule has 1 aliphatic heterocycles. The lowest BCUT2D eigenvalue weighted by Crippen LogP contribution is -2.41. The van der Waals surface area contributed by atoms with Gasteiger partial charge in [0.1, 0.15) is 5.84 Å². The summed E-state index contributed by atoms with van der Waals surface area (Å²) >= 11 is 5.98. The average Bonchev–Trinajstić information content (AvgIpc) is 2.81. The molecule has 0 saturated heterocycles. The number of aliphatic carboxylic acids is 1. The first kappa shape index (κ1) is 12.5. The third kappa shape index (κ3) is 2.45. The number of nitrogens with one attached hydrogen (secondary N) is 1. The third-order valence-electron chi connectivity index (χ3n) is 3.88. The Morgan fingerprint density at radius 2 is 2.26 bits per heavy atom. The van der Waals surface area contributed by atoms with E-state index in [9.17, 15) is 4.79 Å². The second-order valence-corrected chi connectivity index (χ2v) is 5.59. The van der Waals surface area contributed by atoms with Gasteiger partial charge in [-0.3, -0.25) is 9.79 Å². The maximum Gasteiger partial charge on any atom is 0.306 e. The molecule has 19 heavy (non-hydrogen) atoms. The molecule has 1 heterocycles. The SMILES string of the molecule is O=C(O)C1CCC2N=C(c3cccc(Cl)c3)NC2C1. The first-order chi connectivity index (χ1) is 9.13. The zero-order valence-electron chi connectivity index (χ0n) is 10.3. The quantitative estimate of drug-likeness (QED) is 0.873. The number of fused-ring (bicyclic) bond motifs is 1. The highest BCUT2D eigenvalue weighted by Crippen LogP contribution is 2.30. The zero-order chi connectivity index (χ0) is 13.4. The van der Waals surface area contributed by atoms with Crippen LogP contribution in [0.3, 0.4) is 0 Å². The van der Waals surface area contributed by atoms with Gasteiger partial charge in [-0.1, -0.05) is 23.7 Å². The van der Waals surface area contributed by atoms with Crippen LogP contribution in [0.5, 0.6) is 0 Å². The first-order valence-electron chi connectivity index (χ1n) is 6.46. The Balaban J connectivity index is 1.77. The molecule has 0 amide bonds. The Bertz CT molecular complexity index is 544. The molecule has 3 unspecified atom stereocenters. The second-order valence-electron chi connectivity index (χ2n) is 5.15. The van der Waals surface area contributed by atoms with Crippen LogP contribution in [0.25, 0.3) is 0 Å². The van der Waals surface area contributed by atoms with E-state index in [2.05, 4.69) is 10.3 Å². The van der Waals surface area contributed by atoms with Gasteiger partial charge < -0.3 is 10.4 Å². The number of carboxylic acids is 1. The van der Waals surface area contributed by atoms with Gasteiger partial charge in [0.25, 0.3) is 0 Å². The fourth-order valence-electron chi connectivity index (χ4n) is 2.86. The summed E-state index contributed by atoms with van der Waals surface area (Å²) in [5.74, 6) is -0.109. The Morgan fingerprint density at radius 1 is 1.42 bits per heavy atom. The lowest BCUT2D eigenvalue weighted by Gasteiger charge is -2.28. The minimum absolute atomic E-state index is 0.142. The highest BCUT2D eigenvalue weighted by Gasteiger charge is 2.37. The summed E-state index contributed by atoms with van der Waals surface area (Å²) in [5.41, 5.74) is 0.966. The van der Waals surface area contributed by atoms with Crippen molar-refractivity contribution >= 4 is 23.4 Å². The van der Waals surface area contributed by atoms with Crippen molar-refractivity contribution in [1.82, 2.24) is 5.32 Å². The molecule has 1 fully saturated rings. The van der Waals surface area contributed by atoms with Crippen LogP contribution in [0, 0.1) is 5.92 Å². The van der Waals surface area contributed by atoms with E-state index in [1.165, 1.54) is 0 Å². The Morgan fingerprint density at radius 3 is 3.00 bits per heavy atom. The number of halogens is 1. The molecular formula is C14H15ClN2O2. The summed E-state index contributed by atoms with van der Waals surface area (Å²) in [6.07, 6.45) is 2.19. The molecule has 2 N–H and O–H groups in total. The van der Waals surface area contributed by atoms with Crippen molar-refractivity contribution in [2.24, 2.45) is 10.9 Å². The van der Waals surface area contributed by atoms with E-state index < -0.39 is 5.97 Å². The van der Waals surface area contributed by atoms with Gasteiger partial charge in [0.15, 0.2) is 0 Å². The molecule has 3 atom stereocenters. The molecule has 5 heteroatoms. The minimum Gasteiger partial charge on any atom is -0.481 e. The van der Waals surface area contributed by atoms with Crippen LogP contribution < -0.4 is 5.32 Å². The van der Waals surface area contributed by atoms with Gasteiger partial charge in [-0.05, 0) is 31.4 Å². The van der Waals surface area contributed by atoms with E-state index in [1.54, 1.807) is 0 Å². The van der Waals surface area contributed by atoms with E-state index in [1.807, 2.05) is 24.3 Å². The minimum atomic E-state index is -0.698. The van der Waals surface area contributed by atoms with E-state index >= 15 is 0 Å². The van der Waals surface area contributed by atoms with Crippen molar-refractivity contribution in [2.45, 2.75) is 31.3 Å². The summed E-state index contributed by atoms with van der Waals surface area (Å²) in [5, 5.41) is 13.1. The van der Waals surface area contributed by atoms with Crippen molar-refractivity contribution in [3.05, 3.63) is 34.9 Å². The van der Waals surface area contributed by atoms with Gasteiger partial charge in [0.2, 0.25) is 0 Å². The maximum absolute atomic E-state index is 11.1. The van der Waals surface area contributed by atoms with Crippen molar-refractivity contribution < 1.29 is 9.90 Å². The van der Waals surface area contributed by atoms with Crippen LogP contribution in [0.1, 0.15) is 24.8 Å². The monoisotopic (exact) mass is 278 g/mol. The van der Waals surface area contributed by atoms with E-state index in [4.69, 9.17) is 16.7 Å². The van der Waals surface area contributed by atoms with Crippen LogP contribution in [0.2, 0.25) is 5.02 Å². The number of amidine groups is 1. The fourth-order valence-corrected chi connectivity index (χ4v) is 3.05. The number of carboxylic acid groups (broad SMARTS) is 1. The number of benzene rings is 1. The number of rotatable bonds is 2. The summed E-state index contributed by atoms with van der Waals surface area (Å²) in [6, 6.07) is 7.90. The van der Waals surface area contributed by atoms with Crippen molar-refractivity contribution in [3.63, 3.8) is 0 Å². The molecule has 100 valence electrons. The highest BCUT2D eigenvalue weighted by atomic mass is 35.5. The van der Waals surface area contributed by atoms with Gasteiger partial charge in [-0.15, -0.1) is 0 Å². The smallest absolute Gasteiger partial charge is 0.306 e. The topological polar surface area (TPSA) is 61.7 Å².